The summed E-state index contributed by atoms with van der Waals surface area (Å²) in [5.74, 6) is 0.366. The van der Waals surface area contributed by atoms with Gasteiger partial charge >= 0.3 is 0 Å². The molecular formula is C21H25BrN2O. The summed E-state index contributed by atoms with van der Waals surface area (Å²) in [5.41, 5.74) is 2.47. The highest BCUT2D eigenvalue weighted by Crippen LogP contribution is 2.23. The lowest BCUT2D eigenvalue weighted by atomic mass is 9.96. The van der Waals surface area contributed by atoms with Gasteiger partial charge in [-0.25, -0.2) is 0 Å². The summed E-state index contributed by atoms with van der Waals surface area (Å²) in [7, 11) is 1.92. The third-order valence-corrected chi connectivity index (χ3v) is 5.62. The zero-order valence-corrected chi connectivity index (χ0v) is 16.3. The molecule has 1 atom stereocenters. The van der Waals surface area contributed by atoms with E-state index in [2.05, 4.69) is 51.2 Å². The van der Waals surface area contributed by atoms with Crippen molar-refractivity contribution in [1.82, 2.24) is 9.80 Å². The van der Waals surface area contributed by atoms with Crippen LogP contribution in [-0.2, 0) is 17.9 Å². The van der Waals surface area contributed by atoms with Crippen molar-refractivity contribution in [2.24, 2.45) is 5.92 Å². The van der Waals surface area contributed by atoms with Gasteiger partial charge in [-0.2, -0.15) is 0 Å². The number of benzene rings is 2. The Hall–Kier alpha value is -1.65. The fourth-order valence-electron chi connectivity index (χ4n) is 3.52. The van der Waals surface area contributed by atoms with Crippen molar-refractivity contribution in [3.05, 3.63) is 70.2 Å². The predicted molar refractivity (Wildman–Crippen MR) is 105 cm³/mol. The number of likely N-dealkylation sites (tertiary alicyclic amines) is 1. The molecule has 0 N–H and O–H groups in total. The molecule has 3 nitrogen and oxygen atoms in total. The van der Waals surface area contributed by atoms with Crippen LogP contribution in [0.2, 0.25) is 0 Å². The molecule has 2 aromatic rings. The summed E-state index contributed by atoms with van der Waals surface area (Å²) in [4.78, 5) is 17.1. The number of hydrogen-bond acceptors (Lipinski definition) is 2. The maximum absolute atomic E-state index is 12.9. The van der Waals surface area contributed by atoms with Gasteiger partial charge < -0.3 is 4.90 Å². The first-order valence-electron chi connectivity index (χ1n) is 8.88. The number of halogens is 1. The largest absolute Gasteiger partial charge is 0.341 e. The smallest absolute Gasteiger partial charge is 0.227 e. The van der Waals surface area contributed by atoms with Gasteiger partial charge in [-0.15, -0.1) is 0 Å². The lowest BCUT2D eigenvalue weighted by Crippen LogP contribution is -2.43. The fraction of sp³-hybridized carbons (Fsp3) is 0.381. The maximum atomic E-state index is 12.9. The quantitative estimate of drug-likeness (QED) is 0.745. The summed E-state index contributed by atoms with van der Waals surface area (Å²) >= 11 is 3.63. The molecule has 0 radical (unpaired) electrons. The van der Waals surface area contributed by atoms with Gasteiger partial charge in [0.1, 0.15) is 0 Å². The molecule has 4 heteroatoms. The minimum Gasteiger partial charge on any atom is -0.341 e. The van der Waals surface area contributed by atoms with Crippen LogP contribution in [0.25, 0.3) is 0 Å². The molecular weight excluding hydrogens is 376 g/mol. The molecule has 25 heavy (non-hydrogen) atoms. The molecule has 0 spiro atoms. The zero-order valence-electron chi connectivity index (χ0n) is 14.7. The van der Waals surface area contributed by atoms with Crippen LogP contribution >= 0.6 is 15.9 Å². The Morgan fingerprint density at radius 2 is 1.88 bits per heavy atom. The molecule has 0 aromatic heterocycles. The van der Waals surface area contributed by atoms with E-state index in [4.69, 9.17) is 0 Å². The van der Waals surface area contributed by atoms with Crippen LogP contribution in [0.4, 0.5) is 0 Å². The van der Waals surface area contributed by atoms with E-state index >= 15 is 0 Å². The Kier molecular flexibility index (Phi) is 6.27. The Bertz CT molecular complexity index is 704. The maximum Gasteiger partial charge on any atom is 0.227 e. The highest BCUT2D eigenvalue weighted by atomic mass is 79.9. The third-order valence-electron chi connectivity index (χ3n) is 4.85. The Morgan fingerprint density at radius 3 is 2.64 bits per heavy atom. The van der Waals surface area contributed by atoms with Crippen LogP contribution in [0.15, 0.2) is 59.1 Å². The molecule has 1 amide bonds. The third kappa shape index (κ3) is 4.93. The number of amides is 1. The molecule has 1 fully saturated rings. The van der Waals surface area contributed by atoms with Gasteiger partial charge in [0.05, 0.1) is 5.92 Å². The van der Waals surface area contributed by atoms with Crippen LogP contribution < -0.4 is 0 Å². The number of nitrogens with zero attached hydrogens (tertiary/aromatic N) is 2. The lowest BCUT2D eigenvalue weighted by molar-refractivity contribution is -0.136. The van der Waals surface area contributed by atoms with Crippen LogP contribution in [0, 0.1) is 5.92 Å². The molecule has 0 unspecified atom stereocenters. The normalized spacial score (nSPS) is 18.1. The van der Waals surface area contributed by atoms with Crippen molar-refractivity contribution in [2.75, 3.05) is 20.1 Å². The van der Waals surface area contributed by atoms with Crippen molar-refractivity contribution in [3.8, 4) is 0 Å². The van der Waals surface area contributed by atoms with Gasteiger partial charge in [0, 0.05) is 31.2 Å². The number of hydrogen-bond donors (Lipinski definition) is 0. The van der Waals surface area contributed by atoms with Crippen LogP contribution in [0.5, 0.6) is 0 Å². The molecule has 1 saturated heterocycles. The van der Waals surface area contributed by atoms with Crippen LogP contribution in [0.1, 0.15) is 24.0 Å². The van der Waals surface area contributed by atoms with Crippen molar-refractivity contribution in [3.63, 3.8) is 0 Å². The molecule has 0 saturated carbocycles. The Morgan fingerprint density at radius 1 is 1.16 bits per heavy atom. The van der Waals surface area contributed by atoms with Gasteiger partial charge in [-0.1, -0.05) is 64.5 Å². The zero-order chi connectivity index (χ0) is 17.6. The van der Waals surface area contributed by atoms with E-state index in [-0.39, 0.29) is 11.8 Å². The van der Waals surface area contributed by atoms with Crippen LogP contribution in [-0.4, -0.2) is 35.8 Å². The summed E-state index contributed by atoms with van der Waals surface area (Å²) in [6.07, 6.45) is 2.07. The van der Waals surface area contributed by atoms with Gasteiger partial charge in [-0.05, 0) is 36.6 Å². The van der Waals surface area contributed by atoms with Crippen molar-refractivity contribution in [1.29, 1.82) is 0 Å². The SMILES string of the molecule is CN(Cc1ccccc1)C(=O)[C@H]1CCCN(Cc2ccccc2Br)C1. The highest BCUT2D eigenvalue weighted by molar-refractivity contribution is 9.10. The molecule has 0 aliphatic carbocycles. The minimum absolute atomic E-state index is 0.102. The van der Waals surface area contributed by atoms with Gasteiger partial charge in [-0.3, -0.25) is 9.69 Å². The molecule has 1 heterocycles. The average molecular weight is 401 g/mol. The highest BCUT2D eigenvalue weighted by Gasteiger charge is 2.28. The molecule has 1 aliphatic rings. The number of carbonyl (C=O) groups is 1. The number of rotatable bonds is 5. The summed E-state index contributed by atoms with van der Waals surface area (Å²) in [6.45, 7) is 3.49. The predicted octanol–water partition coefficient (Wildman–Crippen LogP) is 4.32. The van der Waals surface area contributed by atoms with E-state index in [0.717, 1.165) is 36.9 Å². The van der Waals surface area contributed by atoms with E-state index < -0.39 is 0 Å². The second-order valence-electron chi connectivity index (χ2n) is 6.85. The van der Waals surface area contributed by atoms with Gasteiger partial charge in [0.25, 0.3) is 0 Å². The van der Waals surface area contributed by atoms with Gasteiger partial charge in [0.2, 0.25) is 5.91 Å². The molecule has 0 bridgehead atoms. The average Bonchev–Trinajstić information content (AvgIpc) is 2.64. The van der Waals surface area contributed by atoms with E-state index in [1.165, 1.54) is 11.1 Å². The standard InChI is InChI=1S/C21H25BrN2O/c1-23(14-17-8-3-2-4-9-17)21(25)19-11-7-13-24(16-19)15-18-10-5-6-12-20(18)22/h2-6,8-10,12,19H,7,11,13-16H2,1H3/t19-/m0/s1. The topological polar surface area (TPSA) is 23.6 Å². The van der Waals surface area contributed by atoms with Crippen LogP contribution in [0.3, 0.4) is 0 Å². The molecule has 2 aromatic carbocycles. The first-order chi connectivity index (χ1) is 12.1. The van der Waals surface area contributed by atoms with Gasteiger partial charge in [0.15, 0.2) is 0 Å². The van der Waals surface area contributed by atoms with Crippen molar-refractivity contribution < 1.29 is 4.79 Å². The molecule has 132 valence electrons. The van der Waals surface area contributed by atoms with E-state index in [1.54, 1.807) is 0 Å². The van der Waals surface area contributed by atoms with Crippen molar-refractivity contribution >= 4 is 21.8 Å². The first kappa shape index (κ1) is 18.2. The van der Waals surface area contributed by atoms with E-state index in [1.807, 2.05) is 36.2 Å². The fourth-order valence-corrected chi connectivity index (χ4v) is 3.93. The summed E-state index contributed by atoms with van der Waals surface area (Å²) in [5, 5.41) is 0. The minimum atomic E-state index is 0.102. The van der Waals surface area contributed by atoms with Crippen molar-refractivity contribution in [2.45, 2.75) is 25.9 Å². The second kappa shape index (κ2) is 8.63. The monoisotopic (exact) mass is 400 g/mol. The second-order valence-corrected chi connectivity index (χ2v) is 7.70. The molecule has 1 aliphatic heterocycles. The Balaban J connectivity index is 1.58. The van der Waals surface area contributed by atoms with E-state index in [9.17, 15) is 4.79 Å². The first-order valence-corrected chi connectivity index (χ1v) is 9.67. The molecule has 3 rings (SSSR count). The number of piperidine rings is 1. The number of carbonyl (C=O) groups excluding carboxylic acids is 1. The summed E-state index contributed by atoms with van der Waals surface area (Å²) in [6, 6.07) is 18.5. The summed E-state index contributed by atoms with van der Waals surface area (Å²) < 4.78 is 1.14. The Labute approximate surface area is 158 Å². The lowest BCUT2D eigenvalue weighted by Gasteiger charge is -2.34. The van der Waals surface area contributed by atoms with E-state index in [0.29, 0.717) is 6.54 Å².